The smallest absolute Gasteiger partial charge is 0.118 e. The molecular formula is C12H10N2OS2. The summed E-state index contributed by atoms with van der Waals surface area (Å²) in [7, 11) is 1.31. The van der Waals surface area contributed by atoms with E-state index in [1.54, 1.807) is 0 Å². The molecule has 0 spiro atoms. The molecule has 17 heavy (non-hydrogen) atoms. The van der Waals surface area contributed by atoms with Crippen molar-refractivity contribution in [3.05, 3.63) is 35.9 Å². The summed E-state index contributed by atoms with van der Waals surface area (Å²) < 4.78 is 9.92. The molecule has 0 saturated heterocycles. The van der Waals surface area contributed by atoms with Gasteiger partial charge in [0.1, 0.15) is 15.5 Å². The summed E-state index contributed by atoms with van der Waals surface area (Å²) in [4.78, 5) is 1.28. The molecule has 2 heterocycles. The monoisotopic (exact) mass is 262 g/mol. The lowest BCUT2D eigenvalue weighted by Gasteiger charge is -2.22. The highest BCUT2D eigenvalue weighted by Gasteiger charge is 2.38. The van der Waals surface area contributed by atoms with Crippen LogP contribution in [0.1, 0.15) is 24.3 Å². The highest BCUT2D eigenvalue weighted by atomic mass is 33.1. The van der Waals surface area contributed by atoms with Gasteiger partial charge in [-0.25, -0.2) is 4.40 Å². The molecule has 1 aromatic rings. The molecule has 0 radical (unpaired) electrons. The van der Waals surface area contributed by atoms with Crippen molar-refractivity contribution >= 4 is 37.1 Å². The van der Waals surface area contributed by atoms with Crippen molar-refractivity contribution in [2.45, 2.75) is 18.8 Å². The van der Waals surface area contributed by atoms with E-state index in [0.717, 1.165) is 18.6 Å². The summed E-state index contributed by atoms with van der Waals surface area (Å²) in [6.45, 7) is 0. The van der Waals surface area contributed by atoms with Crippen LogP contribution < -0.4 is 0 Å². The molecule has 1 saturated carbocycles. The van der Waals surface area contributed by atoms with E-state index >= 15 is 0 Å². The maximum absolute atomic E-state index is 5.40. The first-order chi connectivity index (χ1) is 8.42. The minimum atomic E-state index is -0.222. The van der Waals surface area contributed by atoms with Gasteiger partial charge < -0.3 is 4.28 Å². The van der Waals surface area contributed by atoms with Crippen molar-refractivity contribution in [2.75, 3.05) is 0 Å². The van der Waals surface area contributed by atoms with E-state index in [-0.39, 0.29) is 9.80 Å². The number of rotatable bonds is 1. The Kier molecular flexibility index (Phi) is 2.16. The van der Waals surface area contributed by atoms with Crippen LogP contribution in [0.5, 0.6) is 0 Å². The second-order valence-corrected chi connectivity index (χ2v) is 7.02. The van der Waals surface area contributed by atoms with E-state index in [2.05, 4.69) is 39.9 Å². The molecule has 1 aliphatic carbocycles. The number of oxime groups is 1. The quantitative estimate of drug-likeness (QED) is 0.442. The maximum atomic E-state index is 5.40. The Morgan fingerprint density at radius 2 is 2.00 bits per heavy atom. The minimum Gasteiger partial charge on any atom is -0.317 e. The summed E-state index contributed by atoms with van der Waals surface area (Å²) in [5, 5.41) is 4.21. The van der Waals surface area contributed by atoms with Crippen molar-refractivity contribution in [2.24, 2.45) is 9.55 Å². The molecule has 86 valence electrons. The van der Waals surface area contributed by atoms with Gasteiger partial charge in [-0.2, -0.15) is 0 Å². The van der Waals surface area contributed by atoms with E-state index in [0.29, 0.717) is 5.92 Å². The van der Waals surface area contributed by atoms with Crippen molar-refractivity contribution in [1.29, 1.82) is 0 Å². The first kappa shape index (κ1) is 9.91. The lowest BCUT2D eigenvalue weighted by atomic mass is 9.82. The molecule has 3 aliphatic rings. The molecular weight excluding hydrogens is 252 g/mol. The first-order valence-electron chi connectivity index (χ1n) is 5.57. The third-order valence-corrected chi connectivity index (χ3v) is 6.03. The fourth-order valence-corrected chi connectivity index (χ4v) is 5.24. The van der Waals surface area contributed by atoms with Gasteiger partial charge in [0.25, 0.3) is 0 Å². The lowest BCUT2D eigenvalue weighted by Crippen LogP contribution is -2.29. The summed E-state index contributed by atoms with van der Waals surface area (Å²) in [5.74, 6) is 0.503. The second kappa shape index (κ2) is 3.71. The summed E-state index contributed by atoms with van der Waals surface area (Å²) >= 11 is 0. The molecule has 5 heteroatoms. The Bertz CT molecular complexity index is 547. The first-order valence-corrected chi connectivity index (χ1v) is 8.01. The Hall–Kier alpha value is -1.07. The van der Waals surface area contributed by atoms with Crippen LogP contribution in [0.25, 0.3) is 0 Å². The number of nitrogens with zero attached hydrogens (tertiary/aromatic N) is 2. The minimum absolute atomic E-state index is 0.222. The van der Waals surface area contributed by atoms with Crippen LogP contribution in [-0.2, 0) is 4.28 Å². The maximum Gasteiger partial charge on any atom is 0.118 e. The molecule has 3 nitrogen and oxygen atoms in total. The van der Waals surface area contributed by atoms with Gasteiger partial charge in [-0.3, -0.25) is 0 Å². The van der Waals surface area contributed by atoms with Gasteiger partial charge in [-0.1, -0.05) is 35.5 Å². The highest BCUT2D eigenvalue weighted by molar-refractivity contribution is 8.82. The van der Waals surface area contributed by atoms with E-state index in [9.17, 15) is 0 Å². The Labute approximate surface area is 106 Å². The average molecular weight is 262 g/mol. The van der Waals surface area contributed by atoms with E-state index in [1.165, 1.54) is 27.1 Å². The van der Waals surface area contributed by atoms with Crippen LogP contribution in [0.2, 0.25) is 0 Å². The number of benzene rings is 1. The van der Waals surface area contributed by atoms with E-state index in [1.807, 2.05) is 0 Å². The molecule has 4 rings (SSSR count). The zero-order valence-electron chi connectivity index (χ0n) is 9.00. The van der Waals surface area contributed by atoms with Crippen molar-refractivity contribution in [3.63, 3.8) is 0 Å². The Morgan fingerprint density at radius 1 is 1.18 bits per heavy atom. The van der Waals surface area contributed by atoms with Gasteiger partial charge in [0.15, 0.2) is 0 Å². The standard InChI is InChI=1S/C12H10N2OS2/c1-2-4-8(5-3-1)9-6-10-12-11(7-9)14-16-17(12)15-13-10/h1-5,9H,6-7H2. The largest absolute Gasteiger partial charge is 0.317 e. The lowest BCUT2D eigenvalue weighted by molar-refractivity contribution is 0.412. The third-order valence-electron chi connectivity index (χ3n) is 3.27. The SMILES string of the molecule is c1ccc(C2CC3=NOS4=C3C(=NS4)C2)cc1. The molecule has 0 N–H and O–H groups in total. The fourth-order valence-electron chi connectivity index (χ4n) is 2.45. The van der Waals surface area contributed by atoms with E-state index < -0.39 is 0 Å². The fraction of sp³-hybridized carbons (Fsp3) is 0.250. The highest BCUT2D eigenvalue weighted by Crippen LogP contribution is 2.48. The predicted molar refractivity (Wildman–Crippen MR) is 74.6 cm³/mol. The Morgan fingerprint density at radius 3 is 2.88 bits per heavy atom. The molecule has 0 aromatic heterocycles. The molecule has 2 unspecified atom stereocenters. The summed E-state index contributed by atoms with van der Waals surface area (Å²) in [6.07, 6.45) is 2.01. The number of hydrogen-bond donors (Lipinski definition) is 0. The van der Waals surface area contributed by atoms with Crippen molar-refractivity contribution in [1.82, 2.24) is 0 Å². The van der Waals surface area contributed by atoms with Gasteiger partial charge >= 0.3 is 0 Å². The number of hydrogen-bond acceptors (Lipinski definition) is 4. The van der Waals surface area contributed by atoms with Crippen LogP contribution in [0.15, 0.2) is 39.9 Å². The molecule has 1 fully saturated rings. The van der Waals surface area contributed by atoms with Crippen molar-refractivity contribution in [3.8, 4) is 0 Å². The van der Waals surface area contributed by atoms with Crippen LogP contribution in [0, 0.1) is 0 Å². The molecule has 2 atom stereocenters. The Balaban J connectivity index is 1.72. The normalized spacial score (nSPS) is 29.5. The topological polar surface area (TPSA) is 34.0 Å². The molecule has 0 amide bonds. The molecule has 1 aromatic carbocycles. The second-order valence-electron chi connectivity index (χ2n) is 4.30. The van der Waals surface area contributed by atoms with Gasteiger partial charge in [0.05, 0.1) is 21.6 Å². The van der Waals surface area contributed by atoms with E-state index in [4.69, 9.17) is 4.28 Å². The van der Waals surface area contributed by atoms with Crippen LogP contribution >= 0.6 is 20.8 Å². The van der Waals surface area contributed by atoms with Crippen LogP contribution in [0.3, 0.4) is 0 Å². The zero-order valence-corrected chi connectivity index (χ0v) is 10.6. The van der Waals surface area contributed by atoms with Gasteiger partial charge in [-0.15, -0.1) is 0 Å². The molecule has 0 bridgehead atoms. The van der Waals surface area contributed by atoms with Crippen LogP contribution in [-0.4, -0.2) is 16.3 Å². The predicted octanol–water partition coefficient (Wildman–Crippen LogP) is 3.32. The average Bonchev–Trinajstić information content (AvgIpc) is 2.98. The molecule has 2 aliphatic heterocycles. The van der Waals surface area contributed by atoms with Crippen molar-refractivity contribution < 1.29 is 4.28 Å². The van der Waals surface area contributed by atoms with Crippen LogP contribution in [0.4, 0.5) is 0 Å². The van der Waals surface area contributed by atoms with Gasteiger partial charge in [0.2, 0.25) is 0 Å². The van der Waals surface area contributed by atoms with Gasteiger partial charge in [0, 0.05) is 6.42 Å². The summed E-state index contributed by atoms with van der Waals surface area (Å²) in [6, 6.07) is 10.6. The summed E-state index contributed by atoms with van der Waals surface area (Å²) in [5.41, 5.74) is 3.70. The third kappa shape index (κ3) is 1.49. The van der Waals surface area contributed by atoms with Gasteiger partial charge in [-0.05, 0) is 17.9 Å². The zero-order chi connectivity index (χ0) is 11.2.